The number of aryl methyl sites for hydroxylation is 1. The van der Waals surface area contributed by atoms with Crippen LogP contribution in [0.4, 0.5) is 5.95 Å². The molecule has 0 fully saturated rings. The van der Waals surface area contributed by atoms with Crippen LogP contribution in [-0.4, -0.2) is 45.8 Å². The van der Waals surface area contributed by atoms with Crippen LogP contribution in [-0.2, 0) is 16.4 Å². The molecular formula is C21H22N4O5S2. The van der Waals surface area contributed by atoms with Crippen molar-refractivity contribution in [2.75, 3.05) is 11.6 Å². The highest BCUT2D eigenvalue weighted by Gasteiger charge is 2.22. The van der Waals surface area contributed by atoms with Crippen molar-refractivity contribution >= 4 is 44.1 Å². The number of aliphatic hydroxyl groups is 1. The first-order valence-electron chi connectivity index (χ1n) is 9.67. The average molecular weight is 475 g/mol. The topological polar surface area (TPSA) is 127 Å². The largest absolute Gasteiger partial charge is 0.440 e. The Hall–Kier alpha value is -3.02. The number of sulfone groups is 1. The van der Waals surface area contributed by atoms with Crippen molar-refractivity contribution in [2.45, 2.75) is 37.8 Å². The molecule has 0 spiro atoms. The van der Waals surface area contributed by atoms with E-state index < -0.39 is 15.4 Å². The number of imidazole rings is 1. The monoisotopic (exact) mass is 474 g/mol. The van der Waals surface area contributed by atoms with Crippen LogP contribution in [0.15, 0.2) is 45.8 Å². The van der Waals surface area contributed by atoms with Gasteiger partial charge in [-0.1, -0.05) is 0 Å². The first kappa shape index (κ1) is 22.2. The molecule has 0 atom stereocenters. The number of thiophene rings is 1. The van der Waals surface area contributed by atoms with Gasteiger partial charge in [0.15, 0.2) is 21.5 Å². The summed E-state index contributed by atoms with van der Waals surface area (Å²) in [4.78, 5) is 22.8. The third kappa shape index (κ3) is 4.59. The fourth-order valence-electron chi connectivity index (χ4n) is 3.21. The molecule has 9 nitrogen and oxygen atoms in total. The summed E-state index contributed by atoms with van der Waals surface area (Å²) in [6, 6.07) is 8.01. The number of aromatic nitrogens is 3. The first-order chi connectivity index (χ1) is 14.9. The zero-order valence-electron chi connectivity index (χ0n) is 17.9. The lowest BCUT2D eigenvalue weighted by atomic mass is 10.1. The van der Waals surface area contributed by atoms with E-state index in [9.17, 15) is 18.3 Å². The molecule has 1 amide bonds. The van der Waals surface area contributed by atoms with Gasteiger partial charge in [0.2, 0.25) is 5.95 Å². The summed E-state index contributed by atoms with van der Waals surface area (Å²) in [5, 5.41) is 13.2. The van der Waals surface area contributed by atoms with Gasteiger partial charge in [-0.25, -0.2) is 18.4 Å². The summed E-state index contributed by atoms with van der Waals surface area (Å²) in [7, 11) is -3.42. The molecule has 32 heavy (non-hydrogen) atoms. The average Bonchev–Trinajstić information content (AvgIpc) is 3.39. The minimum atomic E-state index is -3.42. The van der Waals surface area contributed by atoms with E-state index in [-0.39, 0.29) is 23.3 Å². The predicted molar refractivity (Wildman–Crippen MR) is 122 cm³/mol. The Kier molecular flexibility index (Phi) is 5.43. The fourth-order valence-corrected chi connectivity index (χ4v) is 4.70. The number of carbonyl (C=O) groups excluding carboxylic acids is 1. The number of anilines is 1. The molecule has 3 heterocycles. The number of benzene rings is 1. The van der Waals surface area contributed by atoms with E-state index in [4.69, 9.17) is 4.42 Å². The van der Waals surface area contributed by atoms with Gasteiger partial charge in [0, 0.05) is 13.2 Å². The molecule has 11 heteroatoms. The number of hydrogen-bond acceptors (Lipinski definition) is 8. The Morgan fingerprint density at radius 2 is 2.03 bits per heavy atom. The van der Waals surface area contributed by atoms with Gasteiger partial charge >= 0.3 is 0 Å². The van der Waals surface area contributed by atoms with Crippen molar-refractivity contribution < 1.29 is 22.7 Å². The Morgan fingerprint density at radius 3 is 2.66 bits per heavy atom. The maximum atomic E-state index is 12.9. The minimum Gasteiger partial charge on any atom is -0.440 e. The summed E-state index contributed by atoms with van der Waals surface area (Å²) < 4.78 is 31.0. The number of carbonyl (C=O) groups is 1. The molecule has 4 aromatic rings. The maximum absolute atomic E-state index is 12.9. The quantitative estimate of drug-likeness (QED) is 0.438. The third-order valence-corrected chi connectivity index (χ3v) is 6.82. The van der Waals surface area contributed by atoms with E-state index in [1.165, 1.54) is 23.5 Å². The SMILES string of the molecule is Cc1ncc(-c2ccc(C(=O)Nc3nc4cc(S(C)(=O)=O)ccc4n3CC(C)(C)O)s2)o1. The molecule has 4 rings (SSSR count). The number of fused-ring (bicyclic) bond motifs is 1. The predicted octanol–water partition coefficient (Wildman–Crippen LogP) is 3.49. The van der Waals surface area contributed by atoms with Crippen molar-refractivity contribution in [1.29, 1.82) is 0 Å². The number of nitrogens with zero attached hydrogens (tertiary/aromatic N) is 3. The highest BCUT2D eigenvalue weighted by molar-refractivity contribution is 7.90. The van der Waals surface area contributed by atoms with Gasteiger partial charge < -0.3 is 14.1 Å². The zero-order valence-corrected chi connectivity index (χ0v) is 19.5. The molecule has 1 aromatic carbocycles. The van der Waals surface area contributed by atoms with Gasteiger partial charge in [-0.05, 0) is 44.2 Å². The van der Waals surface area contributed by atoms with Crippen LogP contribution in [0.1, 0.15) is 29.4 Å². The zero-order chi connectivity index (χ0) is 23.3. The van der Waals surface area contributed by atoms with Crippen molar-refractivity contribution in [1.82, 2.24) is 14.5 Å². The Bertz CT molecular complexity index is 1420. The van der Waals surface area contributed by atoms with Crippen molar-refractivity contribution in [2.24, 2.45) is 0 Å². The molecule has 0 saturated carbocycles. The molecule has 2 N–H and O–H groups in total. The summed E-state index contributed by atoms with van der Waals surface area (Å²) >= 11 is 1.25. The standard InChI is InChI=1S/C21H22N4O5S2/c1-12-22-10-16(30-12)17-7-8-18(31-17)19(26)24-20-23-14-9-13(32(4,28)29)5-6-15(14)25(20)11-21(2,3)27/h5-10,27H,11H2,1-4H3,(H,23,24,26). The Labute approximate surface area is 188 Å². The second kappa shape index (κ2) is 7.84. The smallest absolute Gasteiger partial charge is 0.268 e. The summed E-state index contributed by atoms with van der Waals surface area (Å²) in [6.07, 6.45) is 2.72. The second-order valence-corrected chi connectivity index (χ2v) is 11.2. The van der Waals surface area contributed by atoms with Gasteiger partial charge in [0.1, 0.15) is 0 Å². The van der Waals surface area contributed by atoms with E-state index in [0.717, 1.165) is 11.1 Å². The van der Waals surface area contributed by atoms with Crippen LogP contribution in [0.25, 0.3) is 21.7 Å². The highest BCUT2D eigenvalue weighted by Crippen LogP contribution is 2.30. The molecular weight excluding hydrogens is 452 g/mol. The van der Waals surface area contributed by atoms with E-state index in [1.807, 2.05) is 0 Å². The molecule has 168 valence electrons. The summed E-state index contributed by atoms with van der Waals surface area (Å²) in [6.45, 7) is 5.16. The van der Waals surface area contributed by atoms with E-state index >= 15 is 0 Å². The number of hydrogen-bond donors (Lipinski definition) is 2. The molecule has 0 bridgehead atoms. The first-order valence-corrected chi connectivity index (χ1v) is 12.4. The van der Waals surface area contributed by atoms with Crippen LogP contribution in [0.5, 0.6) is 0 Å². The number of nitrogens with one attached hydrogen (secondary N) is 1. The molecule has 0 aliphatic heterocycles. The Balaban J connectivity index is 1.70. The van der Waals surface area contributed by atoms with E-state index in [1.54, 1.807) is 49.7 Å². The maximum Gasteiger partial charge on any atom is 0.268 e. The second-order valence-electron chi connectivity index (χ2n) is 8.12. The lowest BCUT2D eigenvalue weighted by Gasteiger charge is -2.20. The molecule has 0 aliphatic carbocycles. The van der Waals surface area contributed by atoms with Crippen molar-refractivity contribution in [3.05, 3.63) is 47.3 Å². The van der Waals surface area contributed by atoms with Crippen molar-refractivity contribution in [3.8, 4) is 10.6 Å². The fraction of sp³-hybridized carbons (Fsp3) is 0.286. The number of amides is 1. The lowest BCUT2D eigenvalue weighted by Crippen LogP contribution is -2.27. The Morgan fingerprint density at radius 1 is 1.28 bits per heavy atom. The summed E-state index contributed by atoms with van der Waals surface area (Å²) in [5.41, 5.74) is -0.0987. The normalized spacial score (nSPS) is 12.4. The van der Waals surface area contributed by atoms with Crippen LogP contribution in [0.3, 0.4) is 0 Å². The molecule has 3 aromatic heterocycles. The van der Waals surface area contributed by atoms with Crippen LogP contribution < -0.4 is 5.32 Å². The van der Waals surface area contributed by atoms with Gasteiger partial charge in [-0.3, -0.25) is 10.1 Å². The van der Waals surface area contributed by atoms with Crippen LogP contribution in [0, 0.1) is 6.92 Å². The van der Waals surface area contributed by atoms with Gasteiger partial charge in [-0.15, -0.1) is 11.3 Å². The minimum absolute atomic E-state index is 0.126. The van der Waals surface area contributed by atoms with Crippen LogP contribution in [0.2, 0.25) is 0 Å². The van der Waals surface area contributed by atoms with Crippen molar-refractivity contribution in [3.63, 3.8) is 0 Å². The van der Waals surface area contributed by atoms with Crippen LogP contribution >= 0.6 is 11.3 Å². The third-order valence-electron chi connectivity index (χ3n) is 4.61. The van der Waals surface area contributed by atoms with Gasteiger partial charge in [-0.2, -0.15) is 0 Å². The summed E-state index contributed by atoms with van der Waals surface area (Å²) in [5.74, 6) is 0.943. The molecule has 0 saturated heterocycles. The number of oxazole rings is 1. The van der Waals surface area contributed by atoms with E-state index in [2.05, 4.69) is 15.3 Å². The van der Waals surface area contributed by atoms with E-state index in [0.29, 0.717) is 27.6 Å². The van der Waals surface area contributed by atoms with Gasteiger partial charge in [0.05, 0.1) is 44.0 Å². The van der Waals surface area contributed by atoms with Gasteiger partial charge in [0.25, 0.3) is 5.91 Å². The number of rotatable bonds is 6. The highest BCUT2D eigenvalue weighted by atomic mass is 32.2. The molecule has 0 aliphatic rings. The molecule has 0 unspecified atom stereocenters. The molecule has 0 radical (unpaired) electrons. The lowest BCUT2D eigenvalue weighted by molar-refractivity contribution is 0.0630.